The van der Waals surface area contributed by atoms with E-state index in [0.29, 0.717) is 11.4 Å². The van der Waals surface area contributed by atoms with E-state index in [1.54, 1.807) is 6.20 Å². The first kappa shape index (κ1) is 18.0. The number of nitrogens with two attached hydrogens (primary N) is 2. The minimum Gasteiger partial charge on any atom is -0.397 e. The van der Waals surface area contributed by atoms with E-state index in [2.05, 4.69) is 17.2 Å². The predicted octanol–water partition coefficient (Wildman–Crippen LogP) is 4.89. The molecule has 0 unspecified atom stereocenters. The number of benzene rings is 3. The van der Waals surface area contributed by atoms with Gasteiger partial charge in [0.1, 0.15) is 0 Å². The molecule has 0 saturated carbocycles. The minimum atomic E-state index is 0.621. The fraction of sp³-hybridized carbons (Fsp3) is 0. The van der Waals surface area contributed by atoms with E-state index in [9.17, 15) is 0 Å². The lowest BCUT2D eigenvalue weighted by Crippen LogP contribution is -1.93. The third-order valence-electron chi connectivity index (χ3n) is 3.90. The third-order valence-corrected chi connectivity index (χ3v) is 3.90. The summed E-state index contributed by atoms with van der Waals surface area (Å²) in [7, 11) is 0. The van der Waals surface area contributed by atoms with Gasteiger partial charge in [-0.15, -0.1) is 0 Å². The highest BCUT2D eigenvalue weighted by atomic mass is 15.3. The highest BCUT2D eigenvalue weighted by Crippen LogP contribution is 2.17. The molecule has 0 saturated heterocycles. The van der Waals surface area contributed by atoms with E-state index in [1.165, 1.54) is 0 Å². The van der Waals surface area contributed by atoms with Gasteiger partial charge < -0.3 is 11.5 Å². The molecule has 3 aromatic carbocycles. The summed E-state index contributed by atoms with van der Waals surface area (Å²) in [6.45, 7) is 0. The number of rotatable bonds is 3. The van der Waals surface area contributed by atoms with Crippen molar-refractivity contribution in [2.75, 3.05) is 11.5 Å². The second kappa shape index (κ2) is 9.06. The first-order valence-electron chi connectivity index (χ1n) is 8.65. The monoisotopic (exact) mass is 354 g/mol. The van der Waals surface area contributed by atoms with Gasteiger partial charge in [-0.2, -0.15) is 5.10 Å². The molecule has 0 aliphatic rings. The molecule has 1 heterocycles. The molecular weight excluding hydrogens is 332 g/mol. The van der Waals surface area contributed by atoms with Gasteiger partial charge in [0.15, 0.2) is 0 Å². The lowest BCUT2D eigenvalue weighted by atomic mass is 10.1. The Hall–Kier alpha value is -3.79. The van der Waals surface area contributed by atoms with Crippen LogP contribution in [-0.4, -0.2) is 9.78 Å². The van der Waals surface area contributed by atoms with Crippen molar-refractivity contribution in [3.63, 3.8) is 0 Å². The maximum atomic E-state index is 5.73. The molecule has 0 amide bonds. The third kappa shape index (κ3) is 5.34. The van der Waals surface area contributed by atoms with Crippen LogP contribution in [0.5, 0.6) is 0 Å². The van der Waals surface area contributed by atoms with E-state index in [4.69, 9.17) is 11.5 Å². The summed E-state index contributed by atoms with van der Waals surface area (Å²) in [6, 6.07) is 27.7. The number of hydrogen-bond donors (Lipinski definition) is 2. The molecule has 1 aromatic heterocycles. The summed E-state index contributed by atoms with van der Waals surface area (Å²) >= 11 is 0. The van der Waals surface area contributed by atoms with E-state index in [1.807, 2.05) is 95.8 Å². The summed E-state index contributed by atoms with van der Waals surface area (Å²) < 4.78 is 1.83. The first-order valence-corrected chi connectivity index (χ1v) is 8.65. The molecule has 27 heavy (non-hydrogen) atoms. The SMILES string of the molecule is Nc1ccc(C=Cc2ccccc2)cc1N.c1ccc(-n2cccn2)cc1. The number of para-hydroxylation sites is 1. The largest absolute Gasteiger partial charge is 0.397 e. The summed E-state index contributed by atoms with van der Waals surface area (Å²) in [5.74, 6) is 0. The highest BCUT2D eigenvalue weighted by Gasteiger charge is 1.94. The van der Waals surface area contributed by atoms with Crippen LogP contribution in [0.2, 0.25) is 0 Å². The van der Waals surface area contributed by atoms with Crippen LogP contribution in [0.4, 0.5) is 11.4 Å². The molecule has 0 bridgehead atoms. The Labute approximate surface area is 159 Å². The number of aromatic nitrogens is 2. The summed E-state index contributed by atoms with van der Waals surface area (Å²) in [5, 5.41) is 4.10. The van der Waals surface area contributed by atoms with Crippen LogP contribution in [0, 0.1) is 0 Å². The fourth-order valence-electron chi connectivity index (χ4n) is 2.46. The van der Waals surface area contributed by atoms with Gasteiger partial charge in [-0.25, -0.2) is 4.68 Å². The quantitative estimate of drug-likeness (QED) is 0.406. The second-order valence-corrected chi connectivity index (χ2v) is 5.92. The first-order chi connectivity index (χ1) is 13.2. The van der Waals surface area contributed by atoms with Crippen LogP contribution in [0.3, 0.4) is 0 Å². The van der Waals surface area contributed by atoms with Gasteiger partial charge >= 0.3 is 0 Å². The lowest BCUT2D eigenvalue weighted by molar-refractivity contribution is 0.880. The van der Waals surface area contributed by atoms with Crippen LogP contribution in [0.25, 0.3) is 17.8 Å². The van der Waals surface area contributed by atoms with Crippen molar-refractivity contribution in [3.05, 3.63) is 108 Å². The van der Waals surface area contributed by atoms with Crippen molar-refractivity contribution in [3.8, 4) is 5.69 Å². The number of anilines is 2. The maximum absolute atomic E-state index is 5.73. The van der Waals surface area contributed by atoms with Crippen LogP contribution >= 0.6 is 0 Å². The van der Waals surface area contributed by atoms with Crippen molar-refractivity contribution in [2.24, 2.45) is 0 Å². The number of nitrogens with zero attached hydrogens (tertiary/aromatic N) is 2. The van der Waals surface area contributed by atoms with Gasteiger partial charge in [0.25, 0.3) is 0 Å². The molecule has 0 atom stereocenters. The van der Waals surface area contributed by atoms with Crippen molar-refractivity contribution in [1.29, 1.82) is 0 Å². The Balaban J connectivity index is 0.000000166. The van der Waals surface area contributed by atoms with Gasteiger partial charge in [0, 0.05) is 12.4 Å². The molecule has 134 valence electrons. The average Bonchev–Trinajstić information content (AvgIpc) is 3.26. The average molecular weight is 354 g/mol. The van der Waals surface area contributed by atoms with Gasteiger partial charge in [-0.05, 0) is 41.5 Å². The Morgan fingerprint density at radius 2 is 1.33 bits per heavy atom. The van der Waals surface area contributed by atoms with E-state index < -0.39 is 0 Å². The topological polar surface area (TPSA) is 69.9 Å². The smallest absolute Gasteiger partial charge is 0.0645 e. The normalized spacial score (nSPS) is 10.4. The van der Waals surface area contributed by atoms with Crippen LogP contribution in [0.1, 0.15) is 11.1 Å². The predicted molar refractivity (Wildman–Crippen MR) is 114 cm³/mol. The van der Waals surface area contributed by atoms with Crippen LogP contribution in [0.15, 0.2) is 97.3 Å². The van der Waals surface area contributed by atoms with Gasteiger partial charge in [0.2, 0.25) is 0 Å². The molecular formula is C23H22N4. The minimum absolute atomic E-state index is 0.621. The molecule has 4 N–H and O–H groups in total. The van der Waals surface area contributed by atoms with E-state index in [-0.39, 0.29) is 0 Å². The lowest BCUT2D eigenvalue weighted by Gasteiger charge is -2.00. The van der Waals surface area contributed by atoms with Crippen molar-refractivity contribution < 1.29 is 0 Å². The Morgan fingerprint density at radius 3 is 1.96 bits per heavy atom. The fourth-order valence-corrected chi connectivity index (χ4v) is 2.46. The standard InChI is InChI=1S/C14H14N2.C9H8N2/c15-13-9-8-12(10-14(13)16)7-6-11-4-2-1-3-5-11;1-2-5-9(6-3-1)11-8-4-7-10-11/h1-10H,15-16H2;1-8H. The summed E-state index contributed by atoms with van der Waals surface area (Å²) in [4.78, 5) is 0. The molecule has 4 heteroatoms. The second-order valence-electron chi connectivity index (χ2n) is 5.92. The zero-order valence-electron chi connectivity index (χ0n) is 14.9. The van der Waals surface area contributed by atoms with Crippen molar-refractivity contribution in [2.45, 2.75) is 0 Å². The molecule has 0 aliphatic carbocycles. The van der Waals surface area contributed by atoms with E-state index in [0.717, 1.165) is 16.8 Å². The maximum Gasteiger partial charge on any atom is 0.0645 e. The number of nitrogen functional groups attached to an aromatic ring is 2. The number of hydrogen-bond acceptors (Lipinski definition) is 3. The highest BCUT2D eigenvalue weighted by molar-refractivity contribution is 5.74. The summed E-state index contributed by atoms with van der Waals surface area (Å²) in [6.07, 6.45) is 7.76. The zero-order valence-corrected chi connectivity index (χ0v) is 14.9. The molecule has 0 spiro atoms. The molecule has 0 aliphatic heterocycles. The molecule has 4 rings (SSSR count). The van der Waals surface area contributed by atoms with Crippen molar-refractivity contribution in [1.82, 2.24) is 9.78 Å². The Kier molecular flexibility index (Phi) is 6.04. The van der Waals surface area contributed by atoms with Crippen LogP contribution in [-0.2, 0) is 0 Å². The molecule has 4 nitrogen and oxygen atoms in total. The molecule has 0 radical (unpaired) electrons. The van der Waals surface area contributed by atoms with Gasteiger partial charge in [-0.3, -0.25) is 0 Å². The van der Waals surface area contributed by atoms with Crippen LogP contribution < -0.4 is 11.5 Å². The molecule has 4 aromatic rings. The van der Waals surface area contributed by atoms with Gasteiger partial charge in [-0.1, -0.05) is 66.7 Å². The Bertz CT molecular complexity index is 976. The summed E-state index contributed by atoms with van der Waals surface area (Å²) in [5.41, 5.74) is 15.9. The molecule has 0 fully saturated rings. The van der Waals surface area contributed by atoms with E-state index >= 15 is 0 Å². The van der Waals surface area contributed by atoms with Gasteiger partial charge in [0.05, 0.1) is 17.1 Å². The zero-order chi connectivity index (χ0) is 18.9. The Morgan fingerprint density at radius 1 is 0.667 bits per heavy atom. The van der Waals surface area contributed by atoms with Crippen molar-refractivity contribution >= 4 is 23.5 Å².